The van der Waals surface area contributed by atoms with Gasteiger partial charge >= 0.3 is 0 Å². The first-order valence-electron chi connectivity index (χ1n) is 10.8. The van der Waals surface area contributed by atoms with Crippen molar-refractivity contribution in [2.24, 2.45) is 0 Å². The Kier molecular flexibility index (Phi) is 5.53. The first kappa shape index (κ1) is 21.1. The maximum Gasteiger partial charge on any atom is 0.297 e. The van der Waals surface area contributed by atoms with Gasteiger partial charge in [0, 0.05) is 16.7 Å². The number of para-hydroxylation sites is 2. The minimum absolute atomic E-state index is 0.428. The second kappa shape index (κ2) is 8.65. The largest absolute Gasteiger partial charge is 0.488 e. The van der Waals surface area contributed by atoms with E-state index in [-0.39, 0.29) is 0 Å². The fourth-order valence-corrected chi connectivity index (χ4v) is 4.55. The molecule has 5 nitrogen and oxygen atoms in total. The normalized spacial score (nSPS) is 14.0. The van der Waals surface area contributed by atoms with Gasteiger partial charge in [-0.3, -0.25) is 4.57 Å². The van der Waals surface area contributed by atoms with E-state index in [2.05, 4.69) is 29.3 Å². The maximum atomic E-state index is 9.68. The van der Waals surface area contributed by atoms with E-state index in [0.29, 0.717) is 36.4 Å². The fraction of sp³-hybridized carbons (Fsp3) is 0.185. The first-order chi connectivity index (χ1) is 16.1. The molecule has 1 aliphatic heterocycles. The molecule has 0 saturated heterocycles. The van der Waals surface area contributed by atoms with Gasteiger partial charge in [0.2, 0.25) is 0 Å². The molecule has 0 fully saturated rings. The number of allylic oxidation sites excluding steroid dienone is 1. The van der Waals surface area contributed by atoms with Crippen molar-refractivity contribution in [1.82, 2.24) is 9.55 Å². The number of nitrogens with zero attached hydrogens (tertiary/aromatic N) is 3. The van der Waals surface area contributed by atoms with Gasteiger partial charge in [0.25, 0.3) is 6.01 Å². The minimum Gasteiger partial charge on any atom is -0.488 e. The molecule has 33 heavy (non-hydrogen) atoms. The Morgan fingerprint density at radius 1 is 1.15 bits per heavy atom. The van der Waals surface area contributed by atoms with Crippen molar-refractivity contribution < 1.29 is 9.47 Å². The number of ether oxygens (including phenoxy) is 2. The van der Waals surface area contributed by atoms with Gasteiger partial charge in [0.1, 0.15) is 17.9 Å². The maximum absolute atomic E-state index is 9.68. The number of halogens is 1. The van der Waals surface area contributed by atoms with E-state index in [1.165, 1.54) is 0 Å². The van der Waals surface area contributed by atoms with E-state index in [0.717, 1.165) is 44.6 Å². The van der Waals surface area contributed by atoms with E-state index in [9.17, 15) is 5.26 Å². The smallest absolute Gasteiger partial charge is 0.297 e. The molecule has 5 rings (SSSR count). The van der Waals surface area contributed by atoms with Crippen LogP contribution in [0.3, 0.4) is 0 Å². The van der Waals surface area contributed by atoms with Gasteiger partial charge in [-0.1, -0.05) is 48.0 Å². The topological polar surface area (TPSA) is 60.1 Å². The third-order valence-corrected chi connectivity index (χ3v) is 6.14. The average molecular weight is 456 g/mol. The summed E-state index contributed by atoms with van der Waals surface area (Å²) < 4.78 is 14.0. The van der Waals surface area contributed by atoms with Crippen LogP contribution in [-0.4, -0.2) is 16.2 Å². The Labute approximate surface area is 197 Å². The monoisotopic (exact) mass is 455 g/mol. The van der Waals surface area contributed by atoms with Crippen molar-refractivity contribution >= 4 is 28.2 Å². The van der Waals surface area contributed by atoms with Crippen LogP contribution in [0.15, 0.2) is 66.2 Å². The molecule has 0 unspecified atom stereocenters. The highest BCUT2D eigenvalue weighted by Crippen LogP contribution is 2.39. The van der Waals surface area contributed by atoms with Gasteiger partial charge in [-0.15, -0.1) is 0 Å². The zero-order valence-electron chi connectivity index (χ0n) is 18.4. The van der Waals surface area contributed by atoms with Crippen LogP contribution >= 0.6 is 11.6 Å². The summed E-state index contributed by atoms with van der Waals surface area (Å²) >= 11 is 6.38. The molecule has 0 amide bonds. The average Bonchev–Trinajstić information content (AvgIpc) is 3.08. The highest BCUT2D eigenvalue weighted by molar-refractivity contribution is 6.34. The van der Waals surface area contributed by atoms with E-state index in [1.54, 1.807) is 0 Å². The summed E-state index contributed by atoms with van der Waals surface area (Å²) in [4.78, 5) is 4.61. The predicted octanol–water partition coefficient (Wildman–Crippen LogP) is 6.37. The fourth-order valence-electron chi connectivity index (χ4n) is 4.33. The summed E-state index contributed by atoms with van der Waals surface area (Å²) in [5, 5.41) is 10.3. The van der Waals surface area contributed by atoms with Crippen LogP contribution in [0.25, 0.3) is 16.6 Å². The molecule has 2 heterocycles. The molecule has 6 heteroatoms. The third kappa shape index (κ3) is 3.73. The third-order valence-electron chi connectivity index (χ3n) is 5.83. The Hall–Kier alpha value is -3.75. The van der Waals surface area contributed by atoms with Crippen molar-refractivity contribution in [3.63, 3.8) is 0 Å². The molecule has 0 spiro atoms. The quantitative estimate of drug-likeness (QED) is 0.335. The SMILES string of the molecule is CCOc1nc2c(Cl)cccc2n1Cc1ccc2c(c1)COc1ccccc1/C2=C(/C)C#N. The van der Waals surface area contributed by atoms with E-state index in [4.69, 9.17) is 21.1 Å². The summed E-state index contributed by atoms with van der Waals surface area (Å²) in [6.07, 6.45) is 0. The summed E-state index contributed by atoms with van der Waals surface area (Å²) in [6, 6.07) is 22.8. The second-order valence-corrected chi connectivity index (χ2v) is 8.32. The van der Waals surface area contributed by atoms with Crippen LogP contribution < -0.4 is 9.47 Å². The van der Waals surface area contributed by atoms with Crippen molar-refractivity contribution in [2.45, 2.75) is 27.0 Å². The molecule has 0 atom stereocenters. The zero-order chi connectivity index (χ0) is 22.9. The van der Waals surface area contributed by atoms with Crippen molar-refractivity contribution in [1.29, 1.82) is 5.26 Å². The lowest BCUT2D eigenvalue weighted by molar-refractivity contribution is 0.301. The molecule has 0 N–H and O–H groups in total. The lowest BCUT2D eigenvalue weighted by Gasteiger charge is -2.14. The molecule has 1 aromatic heterocycles. The number of hydrogen-bond donors (Lipinski definition) is 0. The molecule has 0 bridgehead atoms. The van der Waals surface area contributed by atoms with Crippen LogP contribution in [0, 0.1) is 11.3 Å². The summed E-state index contributed by atoms with van der Waals surface area (Å²) in [6.45, 7) is 5.30. The Morgan fingerprint density at radius 3 is 2.82 bits per heavy atom. The summed E-state index contributed by atoms with van der Waals surface area (Å²) in [5.74, 6) is 0.786. The van der Waals surface area contributed by atoms with Crippen molar-refractivity contribution in [3.8, 4) is 17.8 Å². The molecule has 0 aliphatic carbocycles. The number of fused-ring (bicyclic) bond motifs is 3. The van der Waals surface area contributed by atoms with Gasteiger partial charge in [-0.2, -0.15) is 10.2 Å². The van der Waals surface area contributed by atoms with Gasteiger partial charge in [-0.05, 0) is 54.8 Å². The number of hydrogen-bond acceptors (Lipinski definition) is 4. The summed E-state index contributed by atoms with van der Waals surface area (Å²) in [7, 11) is 0. The molecule has 0 radical (unpaired) electrons. The number of nitriles is 1. The van der Waals surface area contributed by atoms with E-state index < -0.39 is 0 Å². The van der Waals surface area contributed by atoms with Crippen LogP contribution in [-0.2, 0) is 13.2 Å². The number of imidazole rings is 1. The first-order valence-corrected chi connectivity index (χ1v) is 11.2. The van der Waals surface area contributed by atoms with Gasteiger partial charge < -0.3 is 9.47 Å². The number of aromatic nitrogens is 2. The number of benzene rings is 3. The van der Waals surface area contributed by atoms with Gasteiger partial charge in [0.15, 0.2) is 0 Å². The molecular formula is C27H22ClN3O2. The Balaban J connectivity index is 1.60. The van der Waals surface area contributed by atoms with Crippen LogP contribution in [0.2, 0.25) is 5.02 Å². The standard InChI is InChI=1S/C27H22ClN3O2/c1-3-32-27-30-26-22(28)8-6-9-23(26)31(27)15-18-11-12-20-19(13-18)16-33-24-10-5-4-7-21(24)25(20)17(2)14-29/h4-13H,3,15-16H2,1-2H3/b25-17-. The van der Waals surface area contributed by atoms with Gasteiger partial charge in [-0.25, -0.2) is 0 Å². The van der Waals surface area contributed by atoms with Crippen LogP contribution in [0.4, 0.5) is 0 Å². The lowest BCUT2D eigenvalue weighted by Crippen LogP contribution is -2.06. The molecule has 164 valence electrons. The van der Waals surface area contributed by atoms with E-state index >= 15 is 0 Å². The molecule has 1 aliphatic rings. The van der Waals surface area contributed by atoms with Crippen LogP contribution in [0.1, 0.15) is 36.1 Å². The second-order valence-electron chi connectivity index (χ2n) is 7.91. The summed E-state index contributed by atoms with van der Waals surface area (Å²) in [5.41, 5.74) is 7.31. The van der Waals surface area contributed by atoms with Crippen LogP contribution in [0.5, 0.6) is 11.8 Å². The van der Waals surface area contributed by atoms with E-state index in [1.807, 2.05) is 60.9 Å². The highest BCUT2D eigenvalue weighted by atomic mass is 35.5. The van der Waals surface area contributed by atoms with Crippen molar-refractivity contribution in [3.05, 3.63) is 93.5 Å². The minimum atomic E-state index is 0.428. The lowest BCUT2D eigenvalue weighted by atomic mass is 9.90. The number of rotatable bonds is 4. The van der Waals surface area contributed by atoms with Crippen molar-refractivity contribution in [2.75, 3.05) is 6.61 Å². The Bertz CT molecular complexity index is 1450. The predicted molar refractivity (Wildman–Crippen MR) is 130 cm³/mol. The molecular weight excluding hydrogens is 434 g/mol. The highest BCUT2D eigenvalue weighted by Gasteiger charge is 2.22. The molecule has 0 saturated carbocycles. The Morgan fingerprint density at radius 2 is 2.00 bits per heavy atom. The van der Waals surface area contributed by atoms with Gasteiger partial charge in [0.05, 0.1) is 29.8 Å². The molecule has 4 aromatic rings. The molecule has 3 aromatic carbocycles. The zero-order valence-corrected chi connectivity index (χ0v) is 19.2.